The van der Waals surface area contributed by atoms with E-state index in [-0.39, 0.29) is 29.5 Å². The second kappa shape index (κ2) is 6.90. The highest BCUT2D eigenvalue weighted by molar-refractivity contribution is 5.95. The van der Waals surface area contributed by atoms with Gasteiger partial charge in [-0.05, 0) is 48.1 Å². The third-order valence-corrected chi connectivity index (χ3v) is 5.22. The molecular weight excluding hydrogens is 331 g/mol. The molecule has 1 N–H and O–H groups in total. The maximum Gasteiger partial charge on any atom is 0.227 e. The Balaban J connectivity index is 1.31. The SMILES string of the molecule is O=C(NCc1ccc(N2CCCC2=O)cc1)C1CC1c1ccccc1F. The van der Waals surface area contributed by atoms with Crippen LogP contribution in [-0.4, -0.2) is 18.4 Å². The van der Waals surface area contributed by atoms with Gasteiger partial charge in [-0.25, -0.2) is 4.39 Å². The molecule has 2 unspecified atom stereocenters. The van der Waals surface area contributed by atoms with Gasteiger partial charge >= 0.3 is 0 Å². The maximum absolute atomic E-state index is 13.8. The van der Waals surface area contributed by atoms with Crippen LogP contribution in [0, 0.1) is 11.7 Å². The van der Waals surface area contributed by atoms with Gasteiger partial charge in [-0.2, -0.15) is 0 Å². The van der Waals surface area contributed by atoms with E-state index in [4.69, 9.17) is 0 Å². The van der Waals surface area contributed by atoms with Gasteiger partial charge in [0.1, 0.15) is 5.82 Å². The number of rotatable bonds is 5. The zero-order valence-electron chi connectivity index (χ0n) is 14.5. The van der Waals surface area contributed by atoms with Gasteiger partial charge in [0, 0.05) is 31.1 Å². The van der Waals surface area contributed by atoms with Crippen molar-refractivity contribution in [2.24, 2.45) is 5.92 Å². The summed E-state index contributed by atoms with van der Waals surface area (Å²) < 4.78 is 13.8. The van der Waals surface area contributed by atoms with Crippen molar-refractivity contribution in [2.45, 2.75) is 31.7 Å². The van der Waals surface area contributed by atoms with E-state index in [2.05, 4.69) is 5.32 Å². The molecule has 2 fully saturated rings. The summed E-state index contributed by atoms with van der Waals surface area (Å²) in [5, 5.41) is 2.94. The molecule has 0 bridgehead atoms. The third kappa shape index (κ3) is 3.34. The van der Waals surface area contributed by atoms with Gasteiger partial charge in [0.25, 0.3) is 0 Å². The van der Waals surface area contributed by atoms with Crippen molar-refractivity contribution in [1.29, 1.82) is 0 Å². The van der Waals surface area contributed by atoms with E-state index in [9.17, 15) is 14.0 Å². The van der Waals surface area contributed by atoms with Crippen LogP contribution in [0.1, 0.15) is 36.3 Å². The summed E-state index contributed by atoms with van der Waals surface area (Å²) in [6.45, 7) is 1.21. The lowest BCUT2D eigenvalue weighted by molar-refractivity contribution is -0.122. The molecule has 4 nitrogen and oxygen atoms in total. The molecule has 2 aromatic carbocycles. The molecule has 0 radical (unpaired) electrons. The van der Waals surface area contributed by atoms with Gasteiger partial charge in [-0.3, -0.25) is 9.59 Å². The number of amides is 2. The van der Waals surface area contributed by atoms with Crippen molar-refractivity contribution in [1.82, 2.24) is 5.32 Å². The predicted octanol–water partition coefficient (Wildman–Crippen LogP) is 3.37. The highest BCUT2D eigenvalue weighted by Crippen LogP contribution is 2.48. The summed E-state index contributed by atoms with van der Waals surface area (Å²) in [5.41, 5.74) is 2.52. The number of benzene rings is 2. The number of carbonyl (C=O) groups excluding carboxylic acids is 2. The van der Waals surface area contributed by atoms with E-state index in [1.807, 2.05) is 24.3 Å². The van der Waals surface area contributed by atoms with Gasteiger partial charge in [0.15, 0.2) is 0 Å². The molecular formula is C21H21FN2O2. The standard InChI is InChI=1S/C21H21FN2O2/c22-19-5-2-1-4-16(19)17-12-18(17)21(26)23-13-14-7-9-15(10-8-14)24-11-3-6-20(24)25/h1-2,4-5,7-10,17-18H,3,6,11-13H2,(H,23,26). The number of halogens is 1. The molecule has 26 heavy (non-hydrogen) atoms. The minimum atomic E-state index is -0.236. The molecule has 1 saturated carbocycles. The quantitative estimate of drug-likeness (QED) is 0.897. The van der Waals surface area contributed by atoms with Crippen LogP contribution in [0.15, 0.2) is 48.5 Å². The minimum absolute atomic E-state index is 0.0141. The van der Waals surface area contributed by atoms with Crippen LogP contribution in [0.5, 0.6) is 0 Å². The Morgan fingerprint density at radius 1 is 1.15 bits per heavy atom. The van der Waals surface area contributed by atoms with Crippen molar-refractivity contribution in [3.05, 3.63) is 65.5 Å². The van der Waals surface area contributed by atoms with Crippen LogP contribution in [-0.2, 0) is 16.1 Å². The van der Waals surface area contributed by atoms with E-state index in [0.717, 1.165) is 24.2 Å². The van der Waals surface area contributed by atoms with E-state index < -0.39 is 0 Å². The molecule has 1 aliphatic carbocycles. The Bertz CT molecular complexity index is 834. The van der Waals surface area contributed by atoms with Gasteiger partial charge < -0.3 is 10.2 Å². The Morgan fingerprint density at radius 3 is 2.62 bits per heavy atom. The summed E-state index contributed by atoms with van der Waals surface area (Å²) in [6.07, 6.45) is 2.21. The number of nitrogens with one attached hydrogen (secondary N) is 1. The first-order valence-corrected chi connectivity index (χ1v) is 9.05. The molecule has 1 aliphatic heterocycles. The lowest BCUT2D eigenvalue weighted by Crippen LogP contribution is -2.25. The molecule has 0 spiro atoms. The fraction of sp³-hybridized carbons (Fsp3) is 0.333. The lowest BCUT2D eigenvalue weighted by atomic mass is 10.1. The van der Waals surface area contributed by atoms with Crippen LogP contribution in [0.25, 0.3) is 0 Å². The molecule has 1 heterocycles. The molecule has 5 heteroatoms. The number of carbonyl (C=O) groups is 2. The average Bonchev–Trinajstić information content (AvgIpc) is 3.34. The zero-order chi connectivity index (χ0) is 18.1. The highest BCUT2D eigenvalue weighted by atomic mass is 19.1. The predicted molar refractivity (Wildman–Crippen MR) is 97.1 cm³/mol. The first-order chi connectivity index (χ1) is 12.6. The molecule has 2 amide bonds. The summed E-state index contributed by atoms with van der Waals surface area (Å²) in [6, 6.07) is 14.4. The van der Waals surface area contributed by atoms with Crippen molar-refractivity contribution in [2.75, 3.05) is 11.4 Å². The fourth-order valence-electron chi connectivity index (χ4n) is 3.64. The van der Waals surface area contributed by atoms with Crippen LogP contribution < -0.4 is 10.2 Å². The Morgan fingerprint density at radius 2 is 1.92 bits per heavy atom. The topological polar surface area (TPSA) is 49.4 Å². The first kappa shape index (κ1) is 16.8. The molecule has 1 saturated heterocycles. The summed E-state index contributed by atoms with van der Waals surface area (Å²) in [5.74, 6) is -0.260. The van der Waals surface area contributed by atoms with Crippen molar-refractivity contribution >= 4 is 17.5 Å². The Labute approximate surface area is 152 Å². The number of anilines is 1. The number of hydrogen-bond acceptors (Lipinski definition) is 2. The van der Waals surface area contributed by atoms with Crippen LogP contribution >= 0.6 is 0 Å². The smallest absolute Gasteiger partial charge is 0.227 e. The van der Waals surface area contributed by atoms with Crippen molar-refractivity contribution in [3.63, 3.8) is 0 Å². The summed E-state index contributed by atoms with van der Waals surface area (Å²) in [7, 11) is 0. The third-order valence-electron chi connectivity index (χ3n) is 5.22. The van der Waals surface area contributed by atoms with Crippen LogP contribution in [0.2, 0.25) is 0 Å². The van der Waals surface area contributed by atoms with Gasteiger partial charge in [0.05, 0.1) is 0 Å². The van der Waals surface area contributed by atoms with E-state index in [1.54, 1.807) is 23.1 Å². The number of hydrogen-bond donors (Lipinski definition) is 1. The minimum Gasteiger partial charge on any atom is -0.352 e. The summed E-state index contributed by atoms with van der Waals surface area (Å²) >= 11 is 0. The number of nitrogens with zero attached hydrogens (tertiary/aromatic N) is 1. The highest BCUT2D eigenvalue weighted by Gasteiger charge is 2.44. The van der Waals surface area contributed by atoms with Crippen LogP contribution in [0.4, 0.5) is 10.1 Å². The average molecular weight is 352 g/mol. The maximum atomic E-state index is 13.8. The zero-order valence-corrected chi connectivity index (χ0v) is 14.5. The fourth-order valence-corrected chi connectivity index (χ4v) is 3.64. The van der Waals surface area contributed by atoms with E-state index >= 15 is 0 Å². The molecule has 134 valence electrons. The van der Waals surface area contributed by atoms with Crippen molar-refractivity contribution in [3.8, 4) is 0 Å². The lowest BCUT2D eigenvalue weighted by Gasteiger charge is -2.16. The van der Waals surface area contributed by atoms with Gasteiger partial charge in [-0.15, -0.1) is 0 Å². The van der Waals surface area contributed by atoms with Crippen LogP contribution in [0.3, 0.4) is 0 Å². The molecule has 0 aromatic heterocycles. The Kier molecular flexibility index (Phi) is 4.45. The molecule has 4 rings (SSSR count). The second-order valence-electron chi connectivity index (χ2n) is 7.00. The van der Waals surface area contributed by atoms with Gasteiger partial charge in [0.2, 0.25) is 11.8 Å². The van der Waals surface area contributed by atoms with E-state index in [1.165, 1.54) is 6.07 Å². The van der Waals surface area contributed by atoms with Crippen molar-refractivity contribution < 1.29 is 14.0 Å². The monoisotopic (exact) mass is 352 g/mol. The normalized spacial score (nSPS) is 21.7. The first-order valence-electron chi connectivity index (χ1n) is 9.05. The molecule has 2 aromatic rings. The largest absolute Gasteiger partial charge is 0.352 e. The Hall–Kier alpha value is -2.69. The van der Waals surface area contributed by atoms with Gasteiger partial charge in [-0.1, -0.05) is 30.3 Å². The molecule has 2 atom stereocenters. The molecule has 2 aliphatic rings. The van der Waals surface area contributed by atoms with E-state index in [0.29, 0.717) is 24.9 Å². The summed E-state index contributed by atoms with van der Waals surface area (Å²) in [4.78, 5) is 25.9. The second-order valence-corrected chi connectivity index (χ2v) is 7.00.